The van der Waals surface area contributed by atoms with Gasteiger partial charge in [0.15, 0.2) is 0 Å². The SMILES string of the molecule is CCOC(=O)c1c(C)nsc1Nc1ccc(C)cc1F. The summed E-state index contributed by atoms with van der Waals surface area (Å²) in [5.41, 5.74) is 2.07. The molecule has 1 N–H and O–H groups in total. The first-order chi connectivity index (χ1) is 9.52. The smallest absolute Gasteiger partial charge is 0.343 e. The van der Waals surface area contributed by atoms with E-state index in [1.807, 2.05) is 6.92 Å². The Kier molecular flexibility index (Phi) is 4.34. The number of hydrogen-bond acceptors (Lipinski definition) is 5. The van der Waals surface area contributed by atoms with E-state index in [0.29, 0.717) is 21.9 Å². The summed E-state index contributed by atoms with van der Waals surface area (Å²) in [6, 6.07) is 4.86. The largest absolute Gasteiger partial charge is 0.462 e. The standard InChI is InChI=1S/C14H15FN2O2S/c1-4-19-14(18)12-9(3)17-20-13(12)16-11-6-5-8(2)7-10(11)15/h5-7,16H,4H2,1-3H3. The van der Waals surface area contributed by atoms with Crippen LogP contribution in [0.3, 0.4) is 0 Å². The number of hydrogen-bond donors (Lipinski definition) is 1. The highest BCUT2D eigenvalue weighted by atomic mass is 32.1. The fourth-order valence-electron chi connectivity index (χ4n) is 1.74. The molecular formula is C14H15FN2O2S. The van der Waals surface area contributed by atoms with E-state index in [9.17, 15) is 9.18 Å². The fourth-order valence-corrected chi connectivity index (χ4v) is 2.54. The third kappa shape index (κ3) is 2.96. The van der Waals surface area contributed by atoms with Gasteiger partial charge in [0.2, 0.25) is 0 Å². The quantitative estimate of drug-likeness (QED) is 0.871. The normalized spacial score (nSPS) is 10.4. The van der Waals surface area contributed by atoms with Gasteiger partial charge in [0.05, 0.1) is 18.0 Å². The summed E-state index contributed by atoms with van der Waals surface area (Å²) in [6.45, 7) is 5.55. The van der Waals surface area contributed by atoms with Crippen LogP contribution in [-0.4, -0.2) is 16.9 Å². The van der Waals surface area contributed by atoms with Crippen LogP contribution in [0.1, 0.15) is 28.5 Å². The number of esters is 1. The van der Waals surface area contributed by atoms with Gasteiger partial charge in [-0.05, 0) is 50.0 Å². The Morgan fingerprint density at radius 2 is 2.20 bits per heavy atom. The Morgan fingerprint density at radius 1 is 1.45 bits per heavy atom. The van der Waals surface area contributed by atoms with Crippen LogP contribution in [0.25, 0.3) is 0 Å². The molecule has 0 bridgehead atoms. The van der Waals surface area contributed by atoms with Gasteiger partial charge in [-0.1, -0.05) is 6.07 Å². The summed E-state index contributed by atoms with van der Waals surface area (Å²) < 4.78 is 22.9. The molecule has 1 aromatic heterocycles. The van der Waals surface area contributed by atoms with Crippen molar-refractivity contribution in [3.8, 4) is 0 Å². The molecule has 106 valence electrons. The van der Waals surface area contributed by atoms with Crippen molar-refractivity contribution in [1.82, 2.24) is 4.37 Å². The van der Waals surface area contributed by atoms with E-state index >= 15 is 0 Å². The number of carbonyl (C=O) groups is 1. The maximum absolute atomic E-state index is 13.8. The van der Waals surface area contributed by atoms with Crippen molar-refractivity contribution < 1.29 is 13.9 Å². The molecule has 0 radical (unpaired) electrons. The van der Waals surface area contributed by atoms with E-state index in [4.69, 9.17) is 4.74 Å². The molecule has 0 aliphatic rings. The molecule has 0 spiro atoms. The van der Waals surface area contributed by atoms with Crippen molar-refractivity contribution in [2.24, 2.45) is 0 Å². The molecule has 0 unspecified atom stereocenters. The van der Waals surface area contributed by atoms with Crippen LogP contribution in [-0.2, 0) is 4.74 Å². The lowest BCUT2D eigenvalue weighted by atomic mass is 10.2. The zero-order chi connectivity index (χ0) is 14.7. The third-order valence-corrected chi connectivity index (χ3v) is 3.57. The number of rotatable bonds is 4. The van der Waals surface area contributed by atoms with Gasteiger partial charge >= 0.3 is 5.97 Å². The summed E-state index contributed by atoms with van der Waals surface area (Å²) in [4.78, 5) is 11.9. The highest BCUT2D eigenvalue weighted by Crippen LogP contribution is 2.30. The molecular weight excluding hydrogens is 279 g/mol. The van der Waals surface area contributed by atoms with Crippen LogP contribution in [0.5, 0.6) is 0 Å². The summed E-state index contributed by atoms with van der Waals surface area (Å²) in [5, 5.41) is 3.40. The van der Waals surface area contributed by atoms with Gasteiger partial charge in [-0.25, -0.2) is 9.18 Å². The minimum atomic E-state index is -0.450. The van der Waals surface area contributed by atoms with Gasteiger partial charge in [0.25, 0.3) is 0 Å². The van der Waals surface area contributed by atoms with Gasteiger partial charge in [-0.2, -0.15) is 4.37 Å². The molecule has 0 saturated carbocycles. The van der Waals surface area contributed by atoms with E-state index in [2.05, 4.69) is 9.69 Å². The maximum Gasteiger partial charge on any atom is 0.343 e. The van der Waals surface area contributed by atoms with E-state index in [-0.39, 0.29) is 12.4 Å². The monoisotopic (exact) mass is 294 g/mol. The maximum atomic E-state index is 13.8. The highest BCUT2D eigenvalue weighted by Gasteiger charge is 2.20. The Balaban J connectivity index is 2.32. The summed E-state index contributed by atoms with van der Waals surface area (Å²) in [5.74, 6) is -0.820. The van der Waals surface area contributed by atoms with Crippen LogP contribution in [0.2, 0.25) is 0 Å². The molecule has 20 heavy (non-hydrogen) atoms. The van der Waals surface area contributed by atoms with Gasteiger partial charge in [0.1, 0.15) is 16.4 Å². The Morgan fingerprint density at radius 3 is 2.85 bits per heavy atom. The lowest BCUT2D eigenvalue weighted by Crippen LogP contribution is -2.08. The Labute approximate surface area is 120 Å². The topological polar surface area (TPSA) is 51.2 Å². The molecule has 2 aromatic rings. The molecule has 0 aliphatic carbocycles. The number of carbonyl (C=O) groups excluding carboxylic acids is 1. The lowest BCUT2D eigenvalue weighted by Gasteiger charge is -2.08. The van der Waals surface area contributed by atoms with E-state index in [1.165, 1.54) is 6.07 Å². The van der Waals surface area contributed by atoms with Crippen molar-refractivity contribution in [3.63, 3.8) is 0 Å². The zero-order valence-corrected chi connectivity index (χ0v) is 12.3. The predicted octanol–water partition coefficient (Wildman–Crippen LogP) is 3.82. The van der Waals surface area contributed by atoms with Crippen LogP contribution in [0, 0.1) is 19.7 Å². The lowest BCUT2D eigenvalue weighted by molar-refractivity contribution is 0.0527. The molecule has 2 rings (SSSR count). The second kappa shape index (κ2) is 6.00. The first-order valence-electron chi connectivity index (χ1n) is 6.19. The zero-order valence-electron chi connectivity index (χ0n) is 11.5. The Bertz CT molecular complexity index is 640. The van der Waals surface area contributed by atoms with E-state index in [1.54, 1.807) is 26.0 Å². The first-order valence-corrected chi connectivity index (χ1v) is 6.96. The second-order valence-corrected chi connectivity index (χ2v) is 5.07. The number of ether oxygens (including phenoxy) is 1. The van der Waals surface area contributed by atoms with Crippen molar-refractivity contribution in [2.75, 3.05) is 11.9 Å². The number of nitrogens with zero attached hydrogens (tertiary/aromatic N) is 1. The van der Waals surface area contributed by atoms with Crippen molar-refractivity contribution >= 4 is 28.2 Å². The van der Waals surface area contributed by atoms with Gasteiger partial charge < -0.3 is 10.1 Å². The fraction of sp³-hybridized carbons (Fsp3) is 0.286. The molecule has 4 nitrogen and oxygen atoms in total. The minimum absolute atomic E-state index is 0.284. The molecule has 0 saturated heterocycles. The number of benzene rings is 1. The summed E-state index contributed by atoms with van der Waals surface area (Å²) >= 11 is 1.11. The molecule has 1 heterocycles. The third-order valence-electron chi connectivity index (χ3n) is 2.72. The van der Waals surface area contributed by atoms with Crippen molar-refractivity contribution in [1.29, 1.82) is 0 Å². The Hall–Kier alpha value is -1.95. The van der Waals surface area contributed by atoms with E-state index in [0.717, 1.165) is 17.1 Å². The molecule has 1 aromatic carbocycles. The highest BCUT2D eigenvalue weighted by molar-refractivity contribution is 7.10. The number of aryl methyl sites for hydroxylation is 2. The summed E-state index contributed by atoms with van der Waals surface area (Å²) in [7, 11) is 0. The van der Waals surface area contributed by atoms with E-state index < -0.39 is 5.97 Å². The number of aromatic nitrogens is 1. The van der Waals surface area contributed by atoms with Gasteiger partial charge in [0, 0.05) is 0 Å². The van der Waals surface area contributed by atoms with Crippen molar-refractivity contribution in [2.45, 2.75) is 20.8 Å². The molecule has 0 fully saturated rings. The van der Waals surface area contributed by atoms with Crippen LogP contribution in [0.4, 0.5) is 15.1 Å². The molecule has 0 amide bonds. The number of anilines is 2. The minimum Gasteiger partial charge on any atom is -0.462 e. The van der Waals surface area contributed by atoms with Crippen molar-refractivity contribution in [3.05, 3.63) is 40.8 Å². The second-order valence-electron chi connectivity index (χ2n) is 4.30. The van der Waals surface area contributed by atoms with Crippen LogP contribution >= 0.6 is 11.5 Å². The number of halogens is 1. The molecule has 0 atom stereocenters. The summed E-state index contributed by atoms with van der Waals surface area (Å²) in [6.07, 6.45) is 0. The van der Waals surface area contributed by atoms with Crippen LogP contribution in [0.15, 0.2) is 18.2 Å². The average Bonchev–Trinajstić information content (AvgIpc) is 2.74. The molecule has 6 heteroatoms. The number of nitrogens with one attached hydrogen (secondary N) is 1. The first kappa shape index (κ1) is 14.5. The predicted molar refractivity (Wildman–Crippen MR) is 77.2 cm³/mol. The molecule has 0 aliphatic heterocycles. The van der Waals surface area contributed by atoms with Crippen LogP contribution < -0.4 is 5.32 Å². The van der Waals surface area contributed by atoms with Gasteiger partial charge in [-0.3, -0.25) is 0 Å². The average molecular weight is 294 g/mol. The van der Waals surface area contributed by atoms with Gasteiger partial charge in [-0.15, -0.1) is 0 Å².